The lowest BCUT2D eigenvalue weighted by molar-refractivity contribution is 0.0936. The minimum atomic E-state index is -0.0716. The van der Waals surface area contributed by atoms with Crippen molar-refractivity contribution in [3.8, 4) is 0 Å². The highest BCUT2D eigenvalue weighted by Gasteiger charge is 2.48. The Bertz CT molecular complexity index is 454. The van der Waals surface area contributed by atoms with E-state index in [0.29, 0.717) is 0 Å². The maximum absolute atomic E-state index is 5.98. The van der Waals surface area contributed by atoms with E-state index in [4.69, 9.17) is 9.47 Å². The van der Waals surface area contributed by atoms with E-state index in [-0.39, 0.29) is 10.8 Å². The molecule has 1 spiro atoms. The van der Waals surface area contributed by atoms with Gasteiger partial charge >= 0.3 is 0 Å². The van der Waals surface area contributed by atoms with Crippen molar-refractivity contribution in [1.29, 1.82) is 0 Å². The largest absolute Gasteiger partial charge is 0.500 e. The summed E-state index contributed by atoms with van der Waals surface area (Å²) < 4.78 is 12.0. The lowest BCUT2D eigenvalue weighted by Crippen LogP contribution is -2.36. The Hall–Kier alpha value is -1.00. The van der Waals surface area contributed by atoms with Crippen molar-refractivity contribution in [2.75, 3.05) is 47.4 Å². The van der Waals surface area contributed by atoms with Crippen LogP contribution in [0.15, 0.2) is 23.7 Å². The van der Waals surface area contributed by atoms with Gasteiger partial charge in [-0.25, -0.2) is 0 Å². The van der Waals surface area contributed by atoms with Crippen molar-refractivity contribution in [3.05, 3.63) is 23.7 Å². The minimum absolute atomic E-state index is 0.0707. The number of nitrogens with one attached hydrogen (secondary N) is 1. The van der Waals surface area contributed by atoms with Crippen molar-refractivity contribution in [2.45, 2.75) is 52.4 Å². The minimum Gasteiger partial charge on any atom is -0.500 e. The van der Waals surface area contributed by atoms with Gasteiger partial charge in [-0.1, -0.05) is 26.7 Å². The van der Waals surface area contributed by atoms with Gasteiger partial charge in [-0.2, -0.15) is 0 Å². The first-order chi connectivity index (χ1) is 12.1. The van der Waals surface area contributed by atoms with E-state index in [1.807, 2.05) is 21.3 Å². The Labute approximate surface area is 154 Å². The van der Waals surface area contributed by atoms with Crippen LogP contribution >= 0.6 is 0 Å². The predicted octanol–water partition coefficient (Wildman–Crippen LogP) is 3.95. The van der Waals surface area contributed by atoms with Crippen molar-refractivity contribution < 1.29 is 9.47 Å². The van der Waals surface area contributed by atoms with Crippen LogP contribution in [0.1, 0.15) is 52.4 Å². The van der Waals surface area contributed by atoms with E-state index in [1.54, 1.807) is 0 Å². The topological polar surface area (TPSA) is 33.7 Å². The third-order valence-electron chi connectivity index (χ3n) is 5.89. The number of hydrogen-bond acceptors (Lipinski definition) is 4. The number of methoxy groups -OCH3 is 2. The first kappa shape index (κ1) is 20.3. The van der Waals surface area contributed by atoms with Crippen LogP contribution in [0.4, 0.5) is 0 Å². The molecule has 1 fully saturated rings. The Kier molecular flexibility index (Phi) is 7.38. The van der Waals surface area contributed by atoms with E-state index in [1.165, 1.54) is 6.42 Å². The smallest absolute Gasteiger partial charge is 0.106 e. The maximum atomic E-state index is 5.98. The molecular weight excluding hydrogens is 312 g/mol. The van der Waals surface area contributed by atoms with Gasteiger partial charge in [0.1, 0.15) is 11.5 Å². The zero-order valence-electron chi connectivity index (χ0n) is 17.0. The summed E-state index contributed by atoms with van der Waals surface area (Å²) in [6.45, 7) is 8.97. The average molecular weight is 351 g/mol. The quantitative estimate of drug-likeness (QED) is 0.605. The molecule has 0 aromatic heterocycles. The predicted molar refractivity (Wildman–Crippen MR) is 104 cm³/mol. The Morgan fingerprint density at radius 2 is 1.68 bits per heavy atom. The SMILES string of the molecule is CCCC1(CCC)C(OC)=CC2(C=C1OC)CCN(CCCNC)C2. The first-order valence-corrected chi connectivity index (χ1v) is 10.0. The number of hydrogen-bond donors (Lipinski definition) is 1. The molecule has 0 radical (unpaired) electrons. The highest BCUT2D eigenvalue weighted by molar-refractivity contribution is 5.35. The van der Waals surface area contributed by atoms with Gasteiger partial charge in [0, 0.05) is 12.0 Å². The standard InChI is InChI=1S/C21H38N2O2/c1-6-9-21(10-7-2)18(24-4)15-20(16-19(21)25-5)11-14-23(17-20)13-8-12-22-3/h15-16,22H,6-14,17H2,1-5H3. The van der Waals surface area contributed by atoms with Crippen LogP contribution in [-0.4, -0.2) is 52.3 Å². The molecule has 4 nitrogen and oxygen atoms in total. The van der Waals surface area contributed by atoms with Gasteiger partial charge in [0.25, 0.3) is 0 Å². The van der Waals surface area contributed by atoms with E-state index >= 15 is 0 Å². The Morgan fingerprint density at radius 3 is 2.16 bits per heavy atom. The molecule has 1 saturated heterocycles. The van der Waals surface area contributed by atoms with Crippen LogP contribution < -0.4 is 5.32 Å². The number of rotatable bonds is 10. The molecule has 0 amide bonds. The van der Waals surface area contributed by atoms with Crippen molar-refractivity contribution in [2.24, 2.45) is 10.8 Å². The highest BCUT2D eigenvalue weighted by Crippen LogP contribution is 2.52. The van der Waals surface area contributed by atoms with Gasteiger partial charge in [0.05, 0.1) is 19.6 Å². The normalized spacial score (nSPS) is 22.0. The van der Waals surface area contributed by atoms with Crippen LogP contribution in [0.5, 0.6) is 0 Å². The van der Waals surface area contributed by atoms with Gasteiger partial charge in [0.15, 0.2) is 0 Å². The fourth-order valence-electron chi connectivity index (χ4n) is 4.79. The summed E-state index contributed by atoms with van der Waals surface area (Å²) in [6.07, 6.45) is 11.6. The molecule has 1 aliphatic heterocycles. The number of nitrogens with zero attached hydrogens (tertiary/aromatic N) is 1. The molecule has 1 N–H and O–H groups in total. The van der Waals surface area contributed by atoms with E-state index < -0.39 is 0 Å². The van der Waals surface area contributed by atoms with Gasteiger partial charge in [0.2, 0.25) is 0 Å². The molecule has 0 aromatic rings. The average Bonchev–Trinajstić information content (AvgIpc) is 3.00. The van der Waals surface area contributed by atoms with Crippen LogP contribution in [-0.2, 0) is 9.47 Å². The molecule has 1 heterocycles. The van der Waals surface area contributed by atoms with E-state index in [0.717, 1.165) is 69.8 Å². The Balaban J connectivity index is 2.27. The summed E-state index contributed by atoms with van der Waals surface area (Å²) in [5, 5.41) is 3.24. The first-order valence-electron chi connectivity index (χ1n) is 10.0. The molecule has 0 unspecified atom stereocenters. The fraction of sp³-hybridized carbons (Fsp3) is 0.810. The van der Waals surface area contributed by atoms with Gasteiger partial charge in [-0.15, -0.1) is 0 Å². The van der Waals surface area contributed by atoms with E-state index in [9.17, 15) is 0 Å². The zero-order chi connectivity index (χ0) is 18.3. The summed E-state index contributed by atoms with van der Waals surface area (Å²) in [5.74, 6) is 2.26. The third-order valence-corrected chi connectivity index (χ3v) is 5.89. The Morgan fingerprint density at radius 1 is 1.08 bits per heavy atom. The second kappa shape index (κ2) is 9.09. The second-order valence-corrected chi connectivity index (χ2v) is 7.72. The molecule has 25 heavy (non-hydrogen) atoms. The molecule has 0 aromatic carbocycles. The van der Waals surface area contributed by atoms with Gasteiger partial charge in [-0.3, -0.25) is 0 Å². The lowest BCUT2D eigenvalue weighted by atomic mass is 9.67. The molecule has 0 saturated carbocycles. The van der Waals surface area contributed by atoms with E-state index in [2.05, 4.69) is 36.2 Å². The molecule has 0 atom stereocenters. The second-order valence-electron chi connectivity index (χ2n) is 7.72. The molecule has 144 valence electrons. The van der Waals surface area contributed by atoms with Crippen molar-refractivity contribution >= 4 is 0 Å². The third kappa shape index (κ3) is 4.22. The zero-order valence-corrected chi connectivity index (χ0v) is 17.0. The number of likely N-dealkylation sites (tertiary alicyclic amines) is 1. The molecular formula is C21H38N2O2. The van der Waals surface area contributed by atoms with Crippen molar-refractivity contribution in [1.82, 2.24) is 10.2 Å². The molecule has 1 aliphatic carbocycles. The monoisotopic (exact) mass is 350 g/mol. The summed E-state index contributed by atoms with van der Waals surface area (Å²) in [6, 6.07) is 0. The van der Waals surface area contributed by atoms with Crippen LogP contribution in [0.3, 0.4) is 0 Å². The molecule has 0 bridgehead atoms. The van der Waals surface area contributed by atoms with Crippen LogP contribution in [0, 0.1) is 10.8 Å². The molecule has 4 heteroatoms. The highest BCUT2D eigenvalue weighted by atomic mass is 16.5. The van der Waals surface area contributed by atoms with Crippen LogP contribution in [0.25, 0.3) is 0 Å². The maximum Gasteiger partial charge on any atom is 0.106 e. The molecule has 2 rings (SSSR count). The fourth-order valence-corrected chi connectivity index (χ4v) is 4.79. The summed E-state index contributed by atoms with van der Waals surface area (Å²) in [7, 11) is 5.69. The lowest BCUT2D eigenvalue weighted by Gasteiger charge is -2.42. The summed E-state index contributed by atoms with van der Waals surface area (Å²) in [4.78, 5) is 2.58. The van der Waals surface area contributed by atoms with Gasteiger partial charge in [-0.05, 0) is 64.5 Å². The summed E-state index contributed by atoms with van der Waals surface area (Å²) in [5.41, 5.74) is -0.000880. The van der Waals surface area contributed by atoms with Crippen molar-refractivity contribution in [3.63, 3.8) is 0 Å². The molecule has 2 aliphatic rings. The van der Waals surface area contributed by atoms with Crippen LogP contribution in [0.2, 0.25) is 0 Å². The summed E-state index contributed by atoms with van der Waals surface area (Å²) >= 11 is 0. The van der Waals surface area contributed by atoms with Gasteiger partial charge < -0.3 is 19.7 Å². The number of ether oxygens (including phenoxy) is 2.